The number of nitrogens with zero attached hydrogens (tertiary/aromatic N) is 4. The molecule has 4 heterocycles. The molecule has 1 unspecified atom stereocenters. The minimum absolute atomic E-state index is 0.0717. The van der Waals surface area contributed by atoms with Gasteiger partial charge in [0.15, 0.2) is 0 Å². The molecule has 0 amide bonds. The second kappa shape index (κ2) is 8.92. The number of hydrogen-bond acceptors (Lipinski definition) is 6. The normalized spacial score (nSPS) is 17.9. The maximum absolute atomic E-state index is 12.5. The predicted molar refractivity (Wildman–Crippen MR) is 109 cm³/mol. The highest BCUT2D eigenvalue weighted by Gasteiger charge is 2.41. The SMILES string of the molecule is COC(=O)[C@@H]1CCCN1C(c1ccccn1)C(c1cccnc1)c1cccnc1. The van der Waals surface area contributed by atoms with Crippen LogP contribution in [0.1, 0.15) is 41.6 Å². The van der Waals surface area contributed by atoms with Gasteiger partial charge in [0.1, 0.15) is 6.04 Å². The Morgan fingerprint density at radius 1 is 1.03 bits per heavy atom. The van der Waals surface area contributed by atoms with Gasteiger partial charge in [0.25, 0.3) is 0 Å². The first-order valence-electron chi connectivity index (χ1n) is 9.84. The van der Waals surface area contributed by atoms with Crippen molar-refractivity contribution in [1.82, 2.24) is 19.9 Å². The van der Waals surface area contributed by atoms with E-state index in [-0.39, 0.29) is 24.0 Å². The van der Waals surface area contributed by atoms with Crippen LogP contribution in [0.2, 0.25) is 0 Å². The standard InChI is InChI=1S/C23H24N4O2/c1-29-23(28)20-10-6-14-27(20)22(19-9-2-3-13-26-19)21(17-7-4-11-24-15-17)18-8-5-12-25-16-18/h2-5,7-9,11-13,15-16,20-22H,6,10,14H2,1H3/t20-,22?/m0/s1. The summed E-state index contributed by atoms with van der Waals surface area (Å²) in [6, 6.07) is 13.5. The summed E-state index contributed by atoms with van der Waals surface area (Å²) in [6.07, 6.45) is 10.8. The van der Waals surface area contributed by atoms with Crippen LogP contribution in [0.3, 0.4) is 0 Å². The highest BCUT2D eigenvalue weighted by Crippen LogP contribution is 2.42. The minimum Gasteiger partial charge on any atom is -0.468 e. The van der Waals surface area contributed by atoms with Gasteiger partial charge in [0.05, 0.1) is 18.8 Å². The van der Waals surface area contributed by atoms with Gasteiger partial charge in [-0.3, -0.25) is 24.6 Å². The summed E-state index contributed by atoms with van der Waals surface area (Å²) in [6.45, 7) is 0.804. The Balaban J connectivity index is 1.87. The van der Waals surface area contributed by atoms with E-state index in [0.717, 1.165) is 36.2 Å². The van der Waals surface area contributed by atoms with Crippen molar-refractivity contribution in [3.8, 4) is 0 Å². The van der Waals surface area contributed by atoms with Crippen molar-refractivity contribution in [3.05, 3.63) is 90.3 Å². The second-order valence-corrected chi connectivity index (χ2v) is 7.17. The summed E-state index contributed by atoms with van der Waals surface area (Å²) < 4.78 is 5.12. The monoisotopic (exact) mass is 388 g/mol. The topological polar surface area (TPSA) is 68.2 Å². The molecule has 6 nitrogen and oxygen atoms in total. The Morgan fingerprint density at radius 3 is 2.31 bits per heavy atom. The van der Waals surface area contributed by atoms with Crippen LogP contribution >= 0.6 is 0 Å². The largest absolute Gasteiger partial charge is 0.468 e. The molecule has 0 bridgehead atoms. The molecule has 148 valence electrons. The molecule has 1 fully saturated rings. The van der Waals surface area contributed by atoms with Crippen LogP contribution in [0.4, 0.5) is 0 Å². The minimum atomic E-state index is -0.289. The zero-order valence-corrected chi connectivity index (χ0v) is 16.4. The molecule has 0 aliphatic carbocycles. The highest BCUT2D eigenvalue weighted by molar-refractivity contribution is 5.76. The zero-order valence-electron chi connectivity index (χ0n) is 16.4. The third-order valence-corrected chi connectivity index (χ3v) is 5.52. The lowest BCUT2D eigenvalue weighted by molar-refractivity contribution is -0.146. The molecule has 6 heteroatoms. The molecule has 0 aromatic carbocycles. The molecule has 1 aliphatic heterocycles. The number of hydrogen-bond donors (Lipinski definition) is 0. The van der Waals surface area contributed by atoms with Gasteiger partial charge in [-0.2, -0.15) is 0 Å². The van der Waals surface area contributed by atoms with Crippen molar-refractivity contribution in [3.63, 3.8) is 0 Å². The maximum Gasteiger partial charge on any atom is 0.323 e. The van der Waals surface area contributed by atoms with E-state index in [0.29, 0.717) is 0 Å². The third-order valence-electron chi connectivity index (χ3n) is 5.52. The number of ether oxygens (including phenoxy) is 1. The number of rotatable bonds is 6. The first-order chi connectivity index (χ1) is 14.3. The second-order valence-electron chi connectivity index (χ2n) is 7.17. The van der Waals surface area contributed by atoms with E-state index >= 15 is 0 Å². The van der Waals surface area contributed by atoms with Gasteiger partial charge in [0.2, 0.25) is 0 Å². The molecular weight excluding hydrogens is 364 g/mol. The van der Waals surface area contributed by atoms with Crippen molar-refractivity contribution in [2.24, 2.45) is 0 Å². The fourth-order valence-corrected chi connectivity index (χ4v) is 4.27. The van der Waals surface area contributed by atoms with E-state index in [1.807, 2.05) is 42.7 Å². The van der Waals surface area contributed by atoms with Crippen molar-refractivity contribution < 1.29 is 9.53 Å². The number of aromatic nitrogens is 3. The molecule has 4 rings (SSSR count). The van der Waals surface area contributed by atoms with Crippen molar-refractivity contribution in [2.75, 3.05) is 13.7 Å². The summed E-state index contributed by atoms with van der Waals surface area (Å²) >= 11 is 0. The molecule has 3 aromatic rings. The fraction of sp³-hybridized carbons (Fsp3) is 0.304. The van der Waals surface area contributed by atoms with Gasteiger partial charge in [-0.25, -0.2) is 0 Å². The summed E-state index contributed by atoms with van der Waals surface area (Å²) in [4.78, 5) is 28.2. The smallest absolute Gasteiger partial charge is 0.323 e. The predicted octanol–water partition coefficient (Wildman–Crippen LogP) is 3.38. The lowest BCUT2D eigenvalue weighted by Gasteiger charge is -2.37. The maximum atomic E-state index is 12.5. The lowest BCUT2D eigenvalue weighted by Crippen LogP contribution is -2.42. The van der Waals surface area contributed by atoms with Gasteiger partial charge in [-0.1, -0.05) is 18.2 Å². The molecule has 1 saturated heterocycles. The molecule has 0 spiro atoms. The zero-order chi connectivity index (χ0) is 20.1. The van der Waals surface area contributed by atoms with Crippen LogP contribution < -0.4 is 0 Å². The molecular formula is C23H24N4O2. The summed E-state index contributed by atoms with van der Waals surface area (Å²) in [5, 5.41) is 0. The van der Waals surface area contributed by atoms with Crippen molar-refractivity contribution in [1.29, 1.82) is 0 Å². The number of methoxy groups -OCH3 is 1. The first kappa shape index (κ1) is 19.2. The number of esters is 1. The van der Waals surface area contributed by atoms with E-state index in [9.17, 15) is 4.79 Å². The Morgan fingerprint density at radius 2 is 1.76 bits per heavy atom. The number of carbonyl (C=O) groups is 1. The molecule has 0 N–H and O–H groups in total. The van der Waals surface area contributed by atoms with Crippen molar-refractivity contribution in [2.45, 2.75) is 30.8 Å². The molecule has 2 atom stereocenters. The van der Waals surface area contributed by atoms with E-state index in [1.165, 1.54) is 7.11 Å². The van der Waals surface area contributed by atoms with Crippen LogP contribution in [0.5, 0.6) is 0 Å². The number of carbonyl (C=O) groups excluding carboxylic acids is 1. The Hall–Kier alpha value is -3.12. The first-order valence-corrected chi connectivity index (χ1v) is 9.84. The lowest BCUT2D eigenvalue weighted by atomic mass is 9.83. The van der Waals surface area contributed by atoms with Crippen LogP contribution in [0.25, 0.3) is 0 Å². The molecule has 29 heavy (non-hydrogen) atoms. The Kier molecular flexibility index (Phi) is 5.91. The Labute approximate surface area is 170 Å². The molecule has 0 saturated carbocycles. The number of pyridine rings is 3. The summed E-state index contributed by atoms with van der Waals surface area (Å²) in [7, 11) is 1.45. The van der Waals surface area contributed by atoms with E-state index in [4.69, 9.17) is 4.74 Å². The number of likely N-dealkylation sites (tertiary alicyclic amines) is 1. The Bertz CT molecular complexity index is 882. The van der Waals surface area contributed by atoms with Crippen molar-refractivity contribution >= 4 is 5.97 Å². The summed E-state index contributed by atoms with van der Waals surface area (Å²) in [5.74, 6) is -0.267. The van der Waals surface area contributed by atoms with Crippen LogP contribution in [-0.2, 0) is 9.53 Å². The van der Waals surface area contributed by atoms with Gasteiger partial charge >= 0.3 is 5.97 Å². The average molecular weight is 388 g/mol. The van der Waals surface area contributed by atoms with Crippen LogP contribution in [-0.4, -0.2) is 45.5 Å². The highest BCUT2D eigenvalue weighted by atomic mass is 16.5. The van der Waals surface area contributed by atoms with Gasteiger partial charge in [0, 0.05) is 36.9 Å². The van der Waals surface area contributed by atoms with Gasteiger partial charge in [-0.15, -0.1) is 0 Å². The fourth-order valence-electron chi connectivity index (χ4n) is 4.27. The summed E-state index contributed by atoms with van der Waals surface area (Å²) in [5.41, 5.74) is 3.04. The van der Waals surface area contributed by atoms with Gasteiger partial charge in [-0.05, 0) is 54.8 Å². The molecule has 3 aromatic heterocycles. The van der Waals surface area contributed by atoms with E-state index < -0.39 is 0 Å². The van der Waals surface area contributed by atoms with E-state index in [2.05, 4.69) is 32.0 Å². The van der Waals surface area contributed by atoms with Gasteiger partial charge < -0.3 is 4.74 Å². The van der Waals surface area contributed by atoms with E-state index in [1.54, 1.807) is 18.6 Å². The third kappa shape index (κ3) is 4.03. The van der Waals surface area contributed by atoms with Crippen LogP contribution in [0.15, 0.2) is 73.4 Å². The molecule has 1 aliphatic rings. The molecule has 0 radical (unpaired) electrons. The quantitative estimate of drug-likeness (QED) is 0.603. The van der Waals surface area contributed by atoms with Crippen LogP contribution in [0, 0.1) is 0 Å². The average Bonchev–Trinajstić information content (AvgIpc) is 3.28.